The molecular weight excluding hydrogens is 202 g/mol. The van der Waals surface area contributed by atoms with Crippen molar-refractivity contribution in [1.29, 1.82) is 0 Å². The monoisotopic (exact) mass is 219 g/mol. The third-order valence-corrected chi connectivity index (χ3v) is 2.40. The number of carbonyl (C=O) groups excluding carboxylic acids is 2. The molecule has 1 N–H and O–H groups in total. The van der Waals surface area contributed by atoms with E-state index in [0.717, 1.165) is 5.56 Å². The predicted molar refractivity (Wildman–Crippen MR) is 63.3 cm³/mol. The van der Waals surface area contributed by atoms with E-state index in [4.69, 9.17) is 0 Å². The van der Waals surface area contributed by atoms with Gasteiger partial charge < -0.3 is 0 Å². The van der Waals surface area contributed by atoms with Crippen LogP contribution in [0.15, 0.2) is 24.3 Å². The Kier molecular flexibility index (Phi) is 4.23. The molecule has 2 amide bonds. The summed E-state index contributed by atoms with van der Waals surface area (Å²) in [6, 6.07) is 7.36. The summed E-state index contributed by atoms with van der Waals surface area (Å²) in [7, 11) is 0. The molecule has 0 aliphatic carbocycles. The number of imide groups is 1. The van der Waals surface area contributed by atoms with E-state index in [1.807, 2.05) is 26.0 Å². The highest BCUT2D eigenvalue weighted by Gasteiger charge is 2.14. The molecule has 0 bridgehead atoms. The topological polar surface area (TPSA) is 46.2 Å². The number of benzene rings is 1. The van der Waals surface area contributed by atoms with Crippen LogP contribution in [-0.4, -0.2) is 11.8 Å². The van der Waals surface area contributed by atoms with Gasteiger partial charge in [0.1, 0.15) is 0 Å². The van der Waals surface area contributed by atoms with E-state index < -0.39 is 0 Å². The molecule has 1 aromatic carbocycles. The second-order valence-corrected chi connectivity index (χ2v) is 3.97. The molecule has 0 fully saturated rings. The van der Waals surface area contributed by atoms with Crippen LogP contribution < -0.4 is 5.32 Å². The number of hydrogen-bond donors (Lipinski definition) is 1. The molecule has 0 aliphatic rings. The average molecular weight is 219 g/mol. The van der Waals surface area contributed by atoms with Crippen LogP contribution in [0.5, 0.6) is 0 Å². The average Bonchev–Trinajstić information content (AvgIpc) is 2.28. The van der Waals surface area contributed by atoms with Crippen molar-refractivity contribution in [3.05, 3.63) is 35.4 Å². The fourth-order valence-corrected chi connectivity index (χ4v) is 1.49. The van der Waals surface area contributed by atoms with Gasteiger partial charge >= 0.3 is 0 Å². The van der Waals surface area contributed by atoms with Crippen molar-refractivity contribution < 1.29 is 9.59 Å². The highest BCUT2D eigenvalue weighted by atomic mass is 16.2. The Labute approximate surface area is 95.9 Å². The number of nitrogens with one attached hydrogen (secondary N) is 1. The first-order valence-electron chi connectivity index (χ1n) is 5.49. The Bertz CT molecular complexity index is 397. The molecule has 1 aromatic rings. The summed E-state index contributed by atoms with van der Waals surface area (Å²) in [5, 5.41) is 2.36. The lowest BCUT2D eigenvalue weighted by Crippen LogP contribution is -2.30. The van der Waals surface area contributed by atoms with E-state index in [0.29, 0.717) is 12.0 Å². The Morgan fingerprint density at radius 2 is 1.88 bits per heavy atom. The van der Waals surface area contributed by atoms with Gasteiger partial charge in [0.05, 0.1) is 0 Å². The third-order valence-electron chi connectivity index (χ3n) is 2.40. The van der Waals surface area contributed by atoms with Gasteiger partial charge in [-0.2, -0.15) is 0 Å². The molecular formula is C13H17NO2. The van der Waals surface area contributed by atoms with E-state index in [-0.39, 0.29) is 17.7 Å². The quantitative estimate of drug-likeness (QED) is 0.848. The van der Waals surface area contributed by atoms with Crippen LogP contribution >= 0.6 is 0 Å². The Balaban J connectivity index is 2.95. The molecule has 1 rings (SSSR count). The zero-order valence-corrected chi connectivity index (χ0v) is 9.91. The van der Waals surface area contributed by atoms with Crippen LogP contribution in [0.1, 0.15) is 49.0 Å². The maximum atomic E-state index is 11.8. The highest BCUT2D eigenvalue weighted by molar-refractivity contribution is 6.05. The van der Waals surface area contributed by atoms with Gasteiger partial charge in [0.2, 0.25) is 5.91 Å². The molecule has 0 spiro atoms. The number of rotatable bonds is 3. The highest BCUT2D eigenvalue weighted by Crippen LogP contribution is 2.18. The lowest BCUT2D eigenvalue weighted by atomic mass is 9.97. The summed E-state index contributed by atoms with van der Waals surface area (Å²) in [5.74, 6) is -0.293. The van der Waals surface area contributed by atoms with Gasteiger partial charge in [-0.3, -0.25) is 14.9 Å². The summed E-state index contributed by atoms with van der Waals surface area (Å²) in [6.45, 7) is 5.76. The maximum absolute atomic E-state index is 11.8. The second kappa shape index (κ2) is 5.45. The van der Waals surface area contributed by atoms with E-state index in [1.165, 1.54) is 0 Å². The van der Waals surface area contributed by atoms with Gasteiger partial charge in [-0.25, -0.2) is 0 Å². The van der Waals surface area contributed by atoms with Crippen molar-refractivity contribution in [1.82, 2.24) is 5.32 Å². The molecule has 0 radical (unpaired) electrons. The minimum absolute atomic E-state index is 0.247. The van der Waals surface area contributed by atoms with Crippen molar-refractivity contribution in [2.75, 3.05) is 0 Å². The van der Waals surface area contributed by atoms with Crippen molar-refractivity contribution in [3.63, 3.8) is 0 Å². The molecule has 0 saturated carbocycles. The van der Waals surface area contributed by atoms with Crippen molar-refractivity contribution in [3.8, 4) is 0 Å². The minimum Gasteiger partial charge on any atom is -0.292 e. The molecule has 0 atom stereocenters. The Hall–Kier alpha value is -1.64. The standard InChI is InChI=1S/C13H17NO2/c1-4-12(15)14-13(16)11-8-6-5-7-10(11)9(2)3/h5-9H,4H2,1-3H3,(H,14,15,16). The Morgan fingerprint density at radius 3 is 2.44 bits per heavy atom. The van der Waals surface area contributed by atoms with E-state index >= 15 is 0 Å². The summed E-state index contributed by atoms with van der Waals surface area (Å²) < 4.78 is 0. The summed E-state index contributed by atoms with van der Waals surface area (Å²) in [6.07, 6.45) is 0.315. The number of hydrogen-bond acceptors (Lipinski definition) is 2. The molecule has 0 aromatic heterocycles. The molecule has 0 heterocycles. The maximum Gasteiger partial charge on any atom is 0.258 e. The zero-order chi connectivity index (χ0) is 12.1. The van der Waals surface area contributed by atoms with E-state index in [9.17, 15) is 9.59 Å². The normalized spacial score (nSPS) is 10.2. The molecule has 0 aliphatic heterocycles. The number of amides is 2. The molecule has 3 nitrogen and oxygen atoms in total. The first-order chi connectivity index (χ1) is 7.56. The van der Waals surface area contributed by atoms with Gasteiger partial charge in [-0.1, -0.05) is 39.0 Å². The summed E-state index contributed by atoms with van der Waals surface area (Å²) >= 11 is 0. The van der Waals surface area contributed by atoms with E-state index in [1.54, 1.807) is 19.1 Å². The fourth-order valence-electron chi connectivity index (χ4n) is 1.49. The van der Waals surface area contributed by atoms with E-state index in [2.05, 4.69) is 5.32 Å². The van der Waals surface area contributed by atoms with Crippen LogP contribution in [0.25, 0.3) is 0 Å². The SMILES string of the molecule is CCC(=O)NC(=O)c1ccccc1C(C)C. The van der Waals surface area contributed by atoms with Gasteiger partial charge in [0.25, 0.3) is 5.91 Å². The first kappa shape index (κ1) is 12.4. The molecule has 0 unspecified atom stereocenters. The van der Waals surface area contributed by atoms with Crippen LogP contribution in [0.3, 0.4) is 0 Å². The minimum atomic E-state index is -0.309. The number of carbonyl (C=O) groups is 2. The van der Waals surface area contributed by atoms with Crippen LogP contribution in [-0.2, 0) is 4.79 Å². The first-order valence-corrected chi connectivity index (χ1v) is 5.49. The largest absolute Gasteiger partial charge is 0.292 e. The summed E-state index contributed by atoms with van der Waals surface area (Å²) in [4.78, 5) is 23.0. The third kappa shape index (κ3) is 2.92. The van der Waals surface area contributed by atoms with Gasteiger partial charge in [-0.05, 0) is 17.5 Å². The molecule has 86 valence electrons. The lowest BCUT2D eigenvalue weighted by molar-refractivity contribution is -0.119. The molecule has 0 saturated heterocycles. The van der Waals surface area contributed by atoms with Crippen LogP contribution in [0, 0.1) is 0 Å². The van der Waals surface area contributed by atoms with Gasteiger partial charge in [-0.15, -0.1) is 0 Å². The molecule has 16 heavy (non-hydrogen) atoms. The van der Waals surface area contributed by atoms with Crippen molar-refractivity contribution >= 4 is 11.8 Å². The van der Waals surface area contributed by atoms with Crippen molar-refractivity contribution in [2.45, 2.75) is 33.1 Å². The summed E-state index contributed by atoms with van der Waals surface area (Å²) in [5.41, 5.74) is 1.54. The second-order valence-electron chi connectivity index (χ2n) is 3.97. The van der Waals surface area contributed by atoms with Crippen LogP contribution in [0.4, 0.5) is 0 Å². The van der Waals surface area contributed by atoms with Crippen molar-refractivity contribution in [2.24, 2.45) is 0 Å². The fraction of sp³-hybridized carbons (Fsp3) is 0.385. The Morgan fingerprint density at radius 1 is 1.25 bits per heavy atom. The zero-order valence-electron chi connectivity index (χ0n) is 9.91. The predicted octanol–water partition coefficient (Wildman–Crippen LogP) is 2.48. The lowest BCUT2D eigenvalue weighted by Gasteiger charge is -2.11. The van der Waals surface area contributed by atoms with Gasteiger partial charge in [0.15, 0.2) is 0 Å². The smallest absolute Gasteiger partial charge is 0.258 e. The van der Waals surface area contributed by atoms with Crippen LogP contribution in [0.2, 0.25) is 0 Å². The van der Waals surface area contributed by atoms with Gasteiger partial charge in [0, 0.05) is 12.0 Å². The molecule has 3 heteroatoms.